The molecule has 0 aromatic carbocycles. The number of carbonyl (C=O) groups excluding carboxylic acids is 1. The Labute approximate surface area is 114 Å². The van der Waals surface area contributed by atoms with Gasteiger partial charge in [0.15, 0.2) is 0 Å². The lowest BCUT2D eigenvalue weighted by molar-refractivity contribution is -0.128. The number of rotatable bonds is 4. The summed E-state index contributed by atoms with van der Waals surface area (Å²) in [6, 6.07) is 0.496. The molecule has 0 radical (unpaired) electrons. The lowest BCUT2D eigenvalue weighted by Crippen LogP contribution is -2.37. The van der Waals surface area contributed by atoms with E-state index >= 15 is 0 Å². The molecule has 1 heterocycles. The van der Waals surface area contributed by atoms with E-state index in [9.17, 15) is 4.79 Å². The van der Waals surface area contributed by atoms with Crippen LogP contribution in [0, 0.1) is 23.7 Å². The molecule has 4 nitrogen and oxygen atoms in total. The summed E-state index contributed by atoms with van der Waals surface area (Å²) in [6.45, 7) is 2.29. The van der Waals surface area contributed by atoms with Crippen LogP contribution in [0.15, 0.2) is 0 Å². The van der Waals surface area contributed by atoms with E-state index in [2.05, 4.69) is 10.6 Å². The smallest absolute Gasteiger partial charge is 0.246 e. The van der Waals surface area contributed by atoms with Gasteiger partial charge in [-0.05, 0) is 68.9 Å². The second-order valence-electron chi connectivity index (χ2n) is 6.84. The lowest BCUT2D eigenvalue weighted by Gasteiger charge is -2.22. The van der Waals surface area contributed by atoms with Crippen molar-refractivity contribution in [1.82, 2.24) is 10.6 Å². The van der Waals surface area contributed by atoms with Crippen molar-refractivity contribution in [3.63, 3.8) is 0 Å². The van der Waals surface area contributed by atoms with Gasteiger partial charge in [-0.1, -0.05) is 0 Å². The van der Waals surface area contributed by atoms with E-state index in [1.54, 1.807) is 0 Å². The number of ether oxygens (including phenoxy) is 1. The summed E-state index contributed by atoms with van der Waals surface area (Å²) in [6.07, 6.45) is 6.60. The Morgan fingerprint density at radius 1 is 1.11 bits per heavy atom. The van der Waals surface area contributed by atoms with Crippen LogP contribution in [0.25, 0.3) is 0 Å². The fourth-order valence-corrected chi connectivity index (χ4v) is 4.90. The fraction of sp³-hybridized carbons (Fsp3) is 0.933. The summed E-state index contributed by atoms with van der Waals surface area (Å²) in [4.78, 5) is 11.9. The van der Waals surface area contributed by atoms with Crippen LogP contribution in [0.5, 0.6) is 0 Å². The second kappa shape index (κ2) is 4.74. The van der Waals surface area contributed by atoms with E-state index in [0.717, 1.165) is 49.6 Å². The van der Waals surface area contributed by atoms with Gasteiger partial charge in [0.25, 0.3) is 0 Å². The van der Waals surface area contributed by atoms with Crippen molar-refractivity contribution in [2.24, 2.45) is 23.7 Å². The molecule has 0 aromatic rings. The van der Waals surface area contributed by atoms with Gasteiger partial charge in [0.05, 0.1) is 6.10 Å². The van der Waals surface area contributed by atoms with Crippen LogP contribution in [0.3, 0.4) is 0 Å². The molecule has 19 heavy (non-hydrogen) atoms. The van der Waals surface area contributed by atoms with Crippen molar-refractivity contribution in [1.29, 1.82) is 0 Å². The van der Waals surface area contributed by atoms with Gasteiger partial charge in [0.1, 0.15) is 6.61 Å². The monoisotopic (exact) mass is 264 g/mol. The zero-order valence-electron chi connectivity index (χ0n) is 11.4. The van der Waals surface area contributed by atoms with Crippen molar-refractivity contribution in [2.45, 2.75) is 44.2 Å². The SMILES string of the molecule is O=C(COC1CCNCC1)NC1C2C3CCC(C3)C12. The van der Waals surface area contributed by atoms with Crippen LogP contribution in [-0.4, -0.2) is 37.7 Å². The van der Waals surface area contributed by atoms with Gasteiger partial charge in [-0.2, -0.15) is 0 Å². The molecular formula is C15H24N2O2. The third-order valence-corrected chi connectivity index (χ3v) is 5.80. The Balaban J connectivity index is 1.21. The lowest BCUT2D eigenvalue weighted by atomic mass is 10.0. The summed E-state index contributed by atoms with van der Waals surface area (Å²) in [7, 11) is 0. The minimum atomic E-state index is 0.109. The zero-order chi connectivity index (χ0) is 12.8. The summed E-state index contributed by atoms with van der Waals surface area (Å²) in [5, 5.41) is 6.52. The minimum Gasteiger partial charge on any atom is -0.368 e. The van der Waals surface area contributed by atoms with E-state index in [1.807, 2.05) is 0 Å². The van der Waals surface area contributed by atoms with Crippen LogP contribution in [0.2, 0.25) is 0 Å². The average molecular weight is 264 g/mol. The minimum absolute atomic E-state index is 0.109. The molecule has 1 aliphatic heterocycles. The third-order valence-electron chi connectivity index (χ3n) is 5.80. The summed E-state index contributed by atoms with van der Waals surface area (Å²) >= 11 is 0. The van der Waals surface area contributed by atoms with Gasteiger partial charge in [-0.15, -0.1) is 0 Å². The molecule has 4 fully saturated rings. The van der Waals surface area contributed by atoms with Gasteiger partial charge in [-0.3, -0.25) is 4.79 Å². The van der Waals surface area contributed by atoms with Gasteiger partial charge in [0.2, 0.25) is 5.91 Å². The van der Waals surface area contributed by atoms with Crippen molar-refractivity contribution in [3.8, 4) is 0 Å². The number of amides is 1. The highest BCUT2D eigenvalue weighted by atomic mass is 16.5. The molecule has 4 heteroatoms. The van der Waals surface area contributed by atoms with Crippen molar-refractivity contribution in [3.05, 3.63) is 0 Å². The highest BCUT2D eigenvalue weighted by Crippen LogP contribution is 2.65. The summed E-state index contributed by atoms with van der Waals surface area (Å²) in [5.41, 5.74) is 0. The fourth-order valence-electron chi connectivity index (χ4n) is 4.90. The number of piperidine rings is 1. The molecule has 2 bridgehead atoms. The molecular weight excluding hydrogens is 240 g/mol. The van der Waals surface area contributed by atoms with Crippen LogP contribution < -0.4 is 10.6 Å². The molecule has 1 saturated heterocycles. The Morgan fingerprint density at radius 3 is 2.47 bits per heavy atom. The number of hydrogen-bond acceptors (Lipinski definition) is 3. The molecule has 106 valence electrons. The molecule has 2 N–H and O–H groups in total. The maximum atomic E-state index is 11.9. The van der Waals surface area contributed by atoms with Crippen LogP contribution in [0.4, 0.5) is 0 Å². The van der Waals surface area contributed by atoms with Crippen molar-refractivity contribution < 1.29 is 9.53 Å². The zero-order valence-corrected chi connectivity index (χ0v) is 11.4. The standard InChI is InChI=1S/C15H24N2O2/c18-12(8-19-11-3-5-16-6-4-11)17-15-13-9-1-2-10(7-9)14(13)15/h9-11,13-16H,1-8H2,(H,17,18). The highest BCUT2D eigenvalue weighted by molar-refractivity contribution is 5.78. The molecule has 4 aliphatic rings. The number of carbonyl (C=O) groups is 1. The molecule has 3 saturated carbocycles. The third kappa shape index (κ3) is 2.19. The first kappa shape index (κ1) is 12.2. The molecule has 0 spiro atoms. The first-order chi connectivity index (χ1) is 9.33. The quantitative estimate of drug-likeness (QED) is 0.794. The molecule has 0 aromatic heterocycles. The Morgan fingerprint density at radius 2 is 1.79 bits per heavy atom. The normalized spacial score (nSPS) is 44.1. The van der Waals surface area contributed by atoms with Crippen LogP contribution in [-0.2, 0) is 9.53 Å². The van der Waals surface area contributed by atoms with E-state index in [1.165, 1.54) is 19.3 Å². The van der Waals surface area contributed by atoms with Crippen molar-refractivity contribution >= 4 is 5.91 Å². The van der Waals surface area contributed by atoms with E-state index in [4.69, 9.17) is 4.74 Å². The Bertz CT molecular complexity index is 351. The van der Waals surface area contributed by atoms with E-state index in [0.29, 0.717) is 6.04 Å². The Hall–Kier alpha value is -0.610. The maximum absolute atomic E-state index is 11.9. The number of fused-ring (bicyclic) bond motifs is 5. The maximum Gasteiger partial charge on any atom is 0.246 e. The van der Waals surface area contributed by atoms with Crippen LogP contribution in [0.1, 0.15) is 32.1 Å². The topological polar surface area (TPSA) is 50.4 Å². The predicted molar refractivity (Wildman–Crippen MR) is 71.6 cm³/mol. The number of nitrogens with one attached hydrogen (secondary N) is 2. The second-order valence-corrected chi connectivity index (χ2v) is 6.84. The van der Waals surface area contributed by atoms with Gasteiger partial charge >= 0.3 is 0 Å². The molecule has 1 amide bonds. The van der Waals surface area contributed by atoms with Gasteiger partial charge in [0, 0.05) is 6.04 Å². The van der Waals surface area contributed by atoms with E-state index in [-0.39, 0.29) is 18.6 Å². The molecule has 3 aliphatic carbocycles. The Kier molecular flexibility index (Phi) is 3.03. The summed E-state index contributed by atoms with van der Waals surface area (Å²) in [5.74, 6) is 3.59. The van der Waals surface area contributed by atoms with Gasteiger partial charge < -0.3 is 15.4 Å². The highest BCUT2D eigenvalue weighted by Gasteiger charge is 2.65. The first-order valence-corrected chi connectivity index (χ1v) is 7.94. The van der Waals surface area contributed by atoms with E-state index < -0.39 is 0 Å². The summed E-state index contributed by atoms with van der Waals surface area (Å²) < 4.78 is 5.71. The molecule has 4 unspecified atom stereocenters. The van der Waals surface area contributed by atoms with Crippen molar-refractivity contribution in [2.75, 3.05) is 19.7 Å². The average Bonchev–Trinajstić information content (AvgIpc) is 2.85. The molecule has 4 atom stereocenters. The predicted octanol–water partition coefficient (Wildman–Crippen LogP) is 0.916. The van der Waals surface area contributed by atoms with Crippen LogP contribution >= 0.6 is 0 Å². The number of hydrogen-bond donors (Lipinski definition) is 2. The first-order valence-electron chi connectivity index (χ1n) is 7.94. The molecule has 4 rings (SSSR count). The largest absolute Gasteiger partial charge is 0.368 e. The van der Waals surface area contributed by atoms with Gasteiger partial charge in [-0.25, -0.2) is 0 Å².